The van der Waals surface area contributed by atoms with Crippen LogP contribution in [0, 0.1) is 6.92 Å². The number of carbonyl (C=O) groups is 2. The zero-order chi connectivity index (χ0) is 15.3. The standard InChI is InChI=1S/C17H12O4/c1-8-4-3-5-11-14(8)9(2)15-12(16(11)19)6-10(17(20)21)7-13(15)18/h3-7,18H,2H2,1H3,(H,20,21). The van der Waals surface area contributed by atoms with Crippen molar-refractivity contribution in [2.75, 3.05) is 0 Å². The molecule has 3 rings (SSSR count). The summed E-state index contributed by atoms with van der Waals surface area (Å²) in [7, 11) is 0. The molecular weight excluding hydrogens is 268 g/mol. The average Bonchev–Trinajstić information content (AvgIpc) is 2.43. The zero-order valence-corrected chi connectivity index (χ0v) is 11.3. The molecular formula is C17H12O4. The first-order valence-corrected chi connectivity index (χ1v) is 6.36. The minimum atomic E-state index is -1.19. The first kappa shape index (κ1) is 13.1. The van der Waals surface area contributed by atoms with Crippen molar-refractivity contribution in [1.82, 2.24) is 0 Å². The molecule has 0 amide bonds. The molecule has 1 aliphatic rings. The Bertz CT molecular complexity index is 831. The SMILES string of the molecule is C=C1c2c(C)cccc2C(=O)c2cc(C(=O)O)cc(O)c21. The van der Waals surface area contributed by atoms with Gasteiger partial charge in [-0.1, -0.05) is 24.8 Å². The number of phenols is 1. The molecule has 0 fully saturated rings. The third kappa shape index (κ3) is 1.76. The molecule has 4 heteroatoms. The Morgan fingerprint density at radius 2 is 1.86 bits per heavy atom. The van der Waals surface area contributed by atoms with E-state index in [1.807, 2.05) is 13.0 Å². The second-order valence-corrected chi connectivity index (χ2v) is 5.03. The predicted octanol–water partition coefficient (Wildman–Crippen LogP) is 3.00. The van der Waals surface area contributed by atoms with Crippen LogP contribution in [0.15, 0.2) is 36.9 Å². The number of fused-ring (bicyclic) bond motifs is 2. The van der Waals surface area contributed by atoms with Gasteiger partial charge in [-0.3, -0.25) is 4.79 Å². The van der Waals surface area contributed by atoms with Gasteiger partial charge in [0, 0.05) is 16.7 Å². The van der Waals surface area contributed by atoms with Crippen LogP contribution in [0.5, 0.6) is 5.75 Å². The molecule has 4 nitrogen and oxygen atoms in total. The highest BCUT2D eigenvalue weighted by atomic mass is 16.4. The summed E-state index contributed by atoms with van der Waals surface area (Å²) in [5, 5.41) is 19.2. The maximum Gasteiger partial charge on any atom is 0.335 e. The van der Waals surface area contributed by atoms with E-state index in [1.54, 1.807) is 12.1 Å². The zero-order valence-electron chi connectivity index (χ0n) is 11.3. The molecule has 0 aliphatic heterocycles. The molecule has 0 heterocycles. The summed E-state index contributed by atoms with van der Waals surface area (Å²) in [5.74, 6) is -1.73. The Morgan fingerprint density at radius 1 is 1.14 bits per heavy atom. The lowest BCUT2D eigenvalue weighted by atomic mass is 9.79. The Morgan fingerprint density at radius 3 is 2.52 bits per heavy atom. The molecule has 2 aromatic carbocycles. The number of aromatic carboxylic acids is 1. The van der Waals surface area contributed by atoms with Gasteiger partial charge in [0.15, 0.2) is 5.78 Å². The van der Waals surface area contributed by atoms with Crippen LogP contribution in [-0.4, -0.2) is 22.0 Å². The molecule has 2 N–H and O–H groups in total. The molecule has 2 aromatic rings. The topological polar surface area (TPSA) is 74.6 Å². The molecule has 0 saturated carbocycles. The van der Waals surface area contributed by atoms with Crippen molar-refractivity contribution in [2.24, 2.45) is 0 Å². The van der Waals surface area contributed by atoms with Crippen LogP contribution in [-0.2, 0) is 0 Å². The number of hydrogen-bond acceptors (Lipinski definition) is 3. The Labute approximate surface area is 121 Å². The van der Waals surface area contributed by atoms with E-state index >= 15 is 0 Å². The minimum absolute atomic E-state index is 0.122. The van der Waals surface area contributed by atoms with Crippen LogP contribution in [0.25, 0.3) is 5.57 Å². The van der Waals surface area contributed by atoms with Crippen molar-refractivity contribution in [3.8, 4) is 5.75 Å². The van der Waals surface area contributed by atoms with Crippen molar-refractivity contribution in [3.05, 3.63) is 70.3 Å². The largest absolute Gasteiger partial charge is 0.507 e. The molecule has 0 bridgehead atoms. The number of benzene rings is 2. The first-order valence-electron chi connectivity index (χ1n) is 6.36. The predicted molar refractivity (Wildman–Crippen MR) is 77.8 cm³/mol. The normalized spacial score (nSPS) is 12.8. The summed E-state index contributed by atoms with van der Waals surface area (Å²) in [6, 6.07) is 7.75. The van der Waals surface area contributed by atoms with E-state index < -0.39 is 5.97 Å². The van der Waals surface area contributed by atoms with Crippen molar-refractivity contribution in [2.45, 2.75) is 6.92 Å². The summed E-state index contributed by atoms with van der Waals surface area (Å²) < 4.78 is 0. The third-order valence-electron chi connectivity index (χ3n) is 3.73. The molecule has 104 valence electrons. The molecule has 0 spiro atoms. The van der Waals surface area contributed by atoms with Crippen LogP contribution < -0.4 is 0 Å². The van der Waals surface area contributed by atoms with Gasteiger partial charge in [0.2, 0.25) is 0 Å². The molecule has 0 radical (unpaired) electrons. The maximum atomic E-state index is 12.6. The van der Waals surface area contributed by atoms with Gasteiger partial charge in [0.1, 0.15) is 5.75 Å². The third-order valence-corrected chi connectivity index (χ3v) is 3.73. The van der Waals surface area contributed by atoms with Crippen LogP contribution >= 0.6 is 0 Å². The number of carboxylic acid groups (broad SMARTS) is 1. The Hall–Kier alpha value is -2.88. The average molecular weight is 280 g/mol. The summed E-state index contributed by atoms with van der Waals surface area (Å²) in [6.07, 6.45) is 0. The smallest absolute Gasteiger partial charge is 0.335 e. The number of phenolic OH excluding ortho intramolecular Hbond substituents is 1. The fourth-order valence-electron chi connectivity index (χ4n) is 2.77. The molecule has 0 aromatic heterocycles. The number of carbonyl (C=O) groups excluding carboxylic acids is 1. The highest BCUT2D eigenvalue weighted by molar-refractivity contribution is 6.20. The van der Waals surface area contributed by atoms with E-state index in [1.165, 1.54) is 6.07 Å². The van der Waals surface area contributed by atoms with E-state index in [0.717, 1.165) is 11.6 Å². The van der Waals surface area contributed by atoms with Crippen molar-refractivity contribution in [3.63, 3.8) is 0 Å². The van der Waals surface area contributed by atoms with Gasteiger partial charge in [-0.25, -0.2) is 4.79 Å². The lowest BCUT2D eigenvalue weighted by Gasteiger charge is -2.23. The van der Waals surface area contributed by atoms with Crippen LogP contribution in [0.4, 0.5) is 0 Å². The molecule has 0 atom stereocenters. The van der Waals surface area contributed by atoms with Gasteiger partial charge in [0.25, 0.3) is 0 Å². The van der Waals surface area contributed by atoms with Gasteiger partial charge in [-0.15, -0.1) is 0 Å². The number of hydrogen-bond donors (Lipinski definition) is 2. The Kier molecular flexibility index (Phi) is 2.69. The van der Waals surface area contributed by atoms with E-state index in [9.17, 15) is 14.7 Å². The second-order valence-electron chi connectivity index (χ2n) is 5.03. The van der Waals surface area contributed by atoms with Crippen LogP contribution in [0.2, 0.25) is 0 Å². The number of aromatic hydroxyl groups is 1. The quantitative estimate of drug-likeness (QED) is 0.718. The lowest BCUT2D eigenvalue weighted by Crippen LogP contribution is -2.16. The first-order chi connectivity index (χ1) is 9.91. The second kappa shape index (κ2) is 4.31. The van der Waals surface area contributed by atoms with E-state index in [0.29, 0.717) is 22.3 Å². The van der Waals surface area contributed by atoms with Gasteiger partial charge in [0.05, 0.1) is 5.56 Å². The number of ketones is 1. The number of rotatable bonds is 1. The monoisotopic (exact) mass is 280 g/mol. The molecule has 1 aliphatic carbocycles. The molecule has 0 unspecified atom stereocenters. The van der Waals surface area contributed by atoms with Crippen LogP contribution in [0.3, 0.4) is 0 Å². The fourth-order valence-corrected chi connectivity index (χ4v) is 2.77. The van der Waals surface area contributed by atoms with Gasteiger partial charge < -0.3 is 10.2 Å². The van der Waals surface area contributed by atoms with E-state index in [-0.39, 0.29) is 22.7 Å². The lowest BCUT2D eigenvalue weighted by molar-refractivity contribution is 0.0696. The van der Waals surface area contributed by atoms with Gasteiger partial charge in [-0.05, 0) is 35.8 Å². The van der Waals surface area contributed by atoms with Gasteiger partial charge in [-0.2, -0.15) is 0 Å². The van der Waals surface area contributed by atoms with Crippen molar-refractivity contribution in [1.29, 1.82) is 0 Å². The van der Waals surface area contributed by atoms with Crippen molar-refractivity contribution < 1.29 is 19.8 Å². The van der Waals surface area contributed by atoms with Crippen LogP contribution in [0.1, 0.15) is 43.0 Å². The maximum absolute atomic E-state index is 12.6. The number of carboxylic acids is 1. The summed E-state index contributed by atoms with van der Waals surface area (Å²) >= 11 is 0. The summed E-state index contributed by atoms with van der Waals surface area (Å²) in [5.41, 5.74) is 2.97. The fraction of sp³-hybridized carbons (Fsp3) is 0.0588. The molecule has 0 saturated heterocycles. The number of aryl methyl sites for hydroxylation is 1. The Balaban J connectivity index is 2.36. The molecule has 21 heavy (non-hydrogen) atoms. The minimum Gasteiger partial charge on any atom is -0.507 e. The summed E-state index contributed by atoms with van der Waals surface area (Å²) in [6.45, 7) is 5.83. The van der Waals surface area contributed by atoms with E-state index in [2.05, 4.69) is 6.58 Å². The van der Waals surface area contributed by atoms with E-state index in [4.69, 9.17) is 5.11 Å². The van der Waals surface area contributed by atoms with Gasteiger partial charge >= 0.3 is 5.97 Å². The van der Waals surface area contributed by atoms with Crippen molar-refractivity contribution >= 4 is 17.3 Å². The highest BCUT2D eigenvalue weighted by Crippen LogP contribution is 2.41. The highest BCUT2D eigenvalue weighted by Gasteiger charge is 2.30. The summed E-state index contributed by atoms with van der Waals surface area (Å²) in [4.78, 5) is 23.7.